The van der Waals surface area contributed by atoms with Crippen molar-refractivity contribution in [1.82, 2.24) is 0 Å². The number of aliphatic hydroxyl groups is 1. The van der Waals surface area contributed by atoms with E-state index in [9.17, 15) is 22.7 Å². The van der Waals surface area contributed by atoms with Crippen LogP contribution in [0.5, 0.6) is 0 Å². The number of hydrogen-bond acceptors (Lipinski definition) is 2. The monoisotopic (exact) mass is 265 g/mol. The summed E-state index contributed by atoms with van der Waals surface area (Å²) in [5.41, 5.74) is 4.29. The highest BCUT2D eigenvalue weighted by Crippen LogP contribution is 2.32. The molecule has 0 radical (unpaired) electrons. The maximum Gasteiger partial charge on any atom is 0.416 e. The highest BCUT2D eigenvalue weighted by Gasteiger charge is 2.32. The van der Waals surface area contributed by atoms with Crippen molar-refractivity contribution < 1.29 is 22.7 Å². The number of halogens is 4. The van der Waals surface area contributed by atoms with Crippen molar-refractivity contribution >= 4 is 0 Å². The lowest BCUT2D eigenvalue weighted by Gasteiger charge is -2.23. The van der Waals surface area contributed by atoms with Gasteiger partial charge in [0.2, 0.25) is 0 Å². The van der Waals surface area contributed by atoms with Crippen molar-refractivity contribution in [2.45, 2.75) is 32.2 Å². The lowest BCUT2D eigenvalue weighted by atomic mass is 9.93. The Balaban J connectivity index is 3.16. The Kier molecular flexibility index (Phi) is 4.34. The maximum absolute atomic E-state index is 13.5. The molecule has 0 aliphatic carbocycles. The summed E-state index contributed by atoms with van der Waals surface area (Å²) in [6.07, 6.45) is -5.67. The van der Waals surface area contributed by atoms with Crippen LogP contribution in [-0.4, -0.2) is 11.2 Å². The first-order chi connectivity index (χ1) is 8.14. The largest absolute Gasteiger partial charge is 0.416 e. The number of alkyl halides is 3. The molecule has 0 bridgehead atoms. The molecule has 0 amide bonds. The predicted octanol–water partition coefficient (Wildman–Crippen LogP) is 2.86. The minimum absolute atomic E-state index is 0.283. The van der Waals surface area contributed by atoms with Gasteiger partial charge in [0.15, 0.2) is 0 Å². The second kappa shape index (κ2) is 5.24. The molecular weight excluding hydrogens is 250 g/mol. The number of nitrogens with two attached hydrogens (primary N) is 1. The summed E-state index contributed by atoms with van der Waals surface area (Å²) in [7, 11) is 0. The van der Waals surface area contributed by atoms with Gasteiger partial charge in [0.1, 0.15) is 5.82 Å². The van der Waals surface area contributed by atoms with Crippen LogP contribution in [0.3, 0.4) is 0 Å². The van der Waals surface area contributed by atoms with Gasteiger partial charge < -0.3 is 10.8 Å². The first-order valence-electron chi connectivity index (χ1n) is 5.45. The van der Waals surface area contributed by atoms with Crippen LogP contribution >= 0.6 is 0 Å². The molecule has 0 saturated heterocycles. The van der Waals surface area contributed by atoms with Crippen LogP contribution in [0.15, 0.2) is 18.2 Å². The van der Waals surface area contributed by atoms with E-state index in [1.54, 1.807) is 13.8 Å². The van der Waals surface area contributed by atoms with Crippen molar-refractivity contribution in [2.75, 3.05) is 0 Å². The van der Waals surface area contributed by atoms with Gasteiger partial charge in [0.25, 0.3) is 0 Å². The molecule has 0 aliphatic rings. The maximum atomic E-state index is 13.5. The van der Waals surface area contributed by atoms with Crippen molar-refractivity contribution in [2.24, 2.45) is 11.7 Å². The fourth-order valence-electron chi connectivity index (χ4n) is 1.57. The zero-order chi connectivity index (χ0) is 14.1. The summed E-state index contributed by atoms with van der Waals surface area (Å²) in [5.74, 6) is -1.14. The van der Waals surface area contributed by atoms with Gasteiger partial charge in [-0.3, -0.25) is 0 Å². The third-order valence-corrected chi connectivity index (χ3v) is 2.73. The molecule has 0 fully saturated rings. The summed E-state index contributed by atoms with van der Waals surface area (Å²) in [6.45, 7) is 3.30. The Bertz CT molecular complexity index is 417. The molecule has 3 N–H and O–H groups in total. The minimum Gasteiger partial charge on any atom is -0.391 e. The summed E-state index contributed by atoms with van der Waals surface area (Å²) in [5, 5.41) is 9.69. The summed E-state index contributed by atoms with van der Waals surface area (Å²) in [4.78, 5) is 0. The predicted molar refractivity (Wildman–Crippen MR) is 59.2 cm³/mol. The second-order valence-corrected chi connectivity index (χ2v) is 4.49. The zero-order valence-corrected chi connectivity index (χ0v) is 10.0. The highest BCUT2D eigenvalue weighted by molar-refractivity contribution is 5.30. The van der Waals surface area contributed by atoms with Gasteiger partial charge >= 0.3 is 6.18 Å². The van der Waals surface area contributed by atoms with Crippen LogP contribution in [0.25, 0.3) is 0 Å². The van der Waals surface area contributed by atoms with Gasteiger partial charge in [-0.15, -0.1) is 0 Å². The summed E-state index contributed by atoms with van der Waals surface area (Å²) >= 11 is 0. The summed E-state index contributed by atoms with van der Waals surface area (Å²) in [6, 6.07) is 0.816. The second-order valence-electron chi connectivity index (χ2n) is 4.49. The van der Waals surface area contributed by atoms with Crippen molar-refractivity contribution in [3.63, 3.8) is 0 Å². The fourth-order valence-corrected chi connectivity index (χ4v) is 1.57. The molecule has 1 aromatic carbocycles. The fraction of sp³-hybridized carbons (Fsp3) is 0.500. The number of rotatable bonds is 3. The van der Waals surface area contributed by atoms with Crippen LogP contribution in [0.1, 0.15) is 31.0 Å². The molecule has 0 heterocycles. The van der Waals surface area contributed by atoms with E-state index in [0.717, 1.165) is 0 Å². The quantitative estimate of drug-likeness (QED) is 0.825. The van der Waals surface area contributed by atoms with Gasteiger partial charge in [-0.2, -0.15) is 13.2 Å². The number of aliphatic hydroxyl groups excluding tert-OH is 1. The van der Waals surface area contributed by atoms with E-state index in [0.29, 0.717) is 18.2 Å². The average molecular weight is 265 g/mol. The van der Waals surface area contributed by atoms with E-state index in [1.807, 2.05) is 0 Å². The molecule has 102 valence electrons. The van der Waals surface area contributed by atoms with E-state index in [2.05, 4.69) is 0 Å². The molecule has 18 heavy (non-hydrogen) atoms. The van der Waals surface area contributed by atoms with Gasteiger partial charge in [-0.25, -0.2) is 4.39 Å². The highest BCUT2D eigenvalue weighted by atomic mass is 19.4. The van der Waals surface area contributed by atoms with Gasteiger partial charge in [-0.1, -0.05) is 13.8 Å². The number of benzene rings is 1. The third-order valence-electron chi connectivity index (χ3n) is 2.73. The third kappa shape index (κ3) is 3.20. The molecular formula is C12H15F4NO. The minimum atomic E-state index is -4.56. The lowest BCUT2D eigenvalue weighted by Crippen LogP contribution is -2.31. The normalized spacial score (nSPS) is 15.8. The topological polar surface area (TPSA) is 46.2 Å². The van der Waals surface area contributed by atoms with Gasteiger partial charge in [0, 0.05) is 5.56 Å². The van der Waals surface area contributed by atoms with Crippen LogP contribution in [0, 0.1) is 11.7 Å². The first kappa shape index (κ1) is 14.9. The zero-order valence-electron chi connectivity index (χ0n) is 10.0. The van der Waals surface area contributed by atoms with E-state index in [-0.39, 0.29) is 11.5 Å². The van der Waals surface area contributed by atoms with Crippen LogP contribution in [0.2, 0.25) is 0 Å². The molecule has 1 aromatic rings. The van der Waals surface area contributed by atoms with Crippen molar-refractivity contribution in [3.8, 4) is 0 Å². The van der Waals surface area contributed by atoms with Crippen LogP contribution < -0.4 is 5.73 Å². The SMILES string of the molecule is CC(C)[C@H](O)[C@H](N)c1cc(C(F)(F)F)ccc1F. The van der Waals surface area contributed by atoms with E-state index in [4.69, 9.17) is 5.73 Å². The Morgan fingerprint density at radius 1 is 1.22 bits per heavy atom. The van der Waals surface area contributed by atoms with Crippen molar-refractivity contribution in [1.29, 1.82) is 0 Å². The molecule has 0 aromatic heterocycles. The molecule has 0 saturated carbocycles. The smallest absolute Gasteiger partial charge is 0.391 e. The lowest BCUT2D eigenvalue weighted by molar-refractivity contribution is -0.137. The number of hydrogen-bond donors (Lipinski definition) is 2. The molecule has 0 spiro atoms. The molecule has 0 unspecified atom stereocenters. The average Bonchev–Trinajstić information content (AvgIpc) is 2.26. The molecule has 1 rings (SSSR count). The van der Waals surface area contributed by atoms with Crippen LogP contribution in [0.4, 0.5) is 17.6 Å². The van der Waals surface area contributed by atoms with Gasteiger partial charge in [0.05, 0.1) is 17.7 Å². The molecule has 2 atom stereocenters. The Morgan fingerprint density at radius 3 is 2.22 bits per heavy atom. The van der Waals surface area contributed by atoms with Gasteiger partial charge in [-0.05, 0) is 24.1 Å². The molecule has 2 nitrogen and oxygen atoms in total. The first-order valence-corrected chi connectivity index (χ1v) is 5.45. The van der Waals surface area contributed by atoms with Crippen molar-refractivity contribution in [3.05, 3.63) is 35.1 Å². The van der Waals surface area contributed by atoms with Crippen LogP contribution in [-0.2, 0) is 6.18 Å². The Morgan fingerprint density at radius 2 is 1.78 bits per heavy atom. The van der Waals surface area contributed by atoms with E-state index < -0.39 is 29.7 Å². The molecule has 0 aliphatic heterocycles. The standard InChI is InChI=1S/C12H15F4NO/c1-6(2)11(18)10(17)8-5-7(12(14,15)16)3-4-9(8)13/h3-6,10-11,18H,17H2,1-2H3/t10-,11+/m1/s1. The summed E-state index contributed by atoms with van der Waals surface area (Å²) < 4.78 is 51.0. The Labute approximate surface area is 102 Å². The Hall–Kier alpha value is -1.14. The molecule has 6 heteroatoms. The van der Waals surface area contributed by atoms with E-state index >= 15 is 0 Å². The van der Waals surface area contributed by atoms with E-state index in [1.165, 1.54) is 0 Å².